The van der Waals surface area contributed by atoms with E-state index in [-0.39, 0.29) is 11.8 Å². The van der Waals surface area contributed by atoms with Crippen LogP contribution in [0.25, 0.3) is 0 Å². The summed E-state index contributed by atoms with van der Waals surface area (Å²) in [6.07, 6.45) is 2.91. The average molecular weight is 329 g/mol. The van der Waals surface area contributed by atoms with Crippen LogP contribution in [0.4, 0.5) is 5.13 Å². The molecule has 3 rings (SSSR count). The van der Waals surface area contributed by atoms with Gasteiger partial charge in [0.1, 0.15) is 0 Å². The number of likely N-dealkylation sites (tertiary alicyclic amines) is 1. The van der Waals surface area contributed by atoms with Crippen molar-refractivity contribution in [2.75, 3.05) is 18.4 Å². The molecule has 0 atom stereocenters. The molecule has 0 aliphatic carbocycles. The molecule has 23 heavy (non-hydrogen) atoms. The highest BCUT2D eigenvalue weighted by atomic mass is 32.1. The zero-order valence-corrected chi connectivity index (χ0v) is 13.8. The van der Waals surface area contributed by atoms with Crippen LogP contribution in [0.15, 0.2) is 41.9 Å². The second-order valence-electron chi connectivity index (χ2n) is 5.75. The Bertz CT molecular complexity index is 677. The molecule has 5 nitrogen and oxygen atoms in total. The Kier molecular flexibility index (Phi) is 4.43. The second kappa shape index (κ2) is 6.50. The lowest BCUT2D eigenvalue weighted by Gasteiger charge is -2.40. The zero-order chi connectivity index (χ0) is 16.3. The van der Waals surface area contributed by atoms with Crippen LogP contribution in [-0.2, 0) is 15.0 Å². The molecule has 2 heterocycles. The molecule has 2 aromatic rings. The van der Waals surface area contributed by atoms with E-state index in [4.69, 9.17) is 0 Å². The number of hydrogen-bond acceptors (Lipinski definition) is 4. The van der Waals surface area contributed by atoms with Gasteiger partial charge in [-0.2, -0.15) is 0 Å². The lowest BCUT2D eigenvalue weighted by molar-refractivity contribution is -0.133. The Morgan fingerprint density at radius 2 is 1.91 bits per heavy atom. The first kappa shape index (κ1) is 15.7. The Hall–Kier alpha value is -2.21. The molecule has 0 radical (unpaired) electrons. The van der Waals surface area contributed by atoms with Gasteiger partial charge in [-0.25, -0.2) is 4.98 Å². The van der Waals surface area contributed by atoms with Gasteiger partial charge in [-0.3, -0.25) is 9.59 Å². The van der Waals surface area contributed by atoms with Crippen LogP contribution in [0.2, 0.25) is 0 Å². The highest BCUT2D eigenvalue weighted by Gasteiger charge is 2.43. The van der Waals surface area contributed by atoms with Gasteiger partial charge in [-0.15, -0.1) is 11.3 Å². The number of nitrogens with one attached hydrogen (secondary N) is 1. The summed E-state index contributed by atoms with van der Waals surface area (Å²) in [6.45, 7) is 2.76. The molecule has 2 amide bonds. The fraction of sp³-hybridized carbons (Fsp3) is 0.353. The van der Waals surface area contributed by atoms with E-state index >= 15 is 0 Å². The number of carbonyl (C=O) groups excluding carboxylic acids is 2. The van der Waals surface area contributed by atoms with Gasteiger partial charge < -0.3 is 10.2 Å². The van der Waals surface area contributed by atoms with Crippen LogP contribution in [0.3, 0.4) is 0 Å². The lowest BCUT2D eigenvalue weighted by atomic mass is 9.72. The summed E-state index contributed by atoms with van der Waals surface area (Å²) in [5.41, 5.74) is 0.385. The molecule has 1 N–H and O–H groups in total. The first-order valence-corrected chi connectivity index (χ1v) is 8.52. The van der Waals surface area contributed by atoms with Crippen LogP contribution >= 0.6 is 11.3 Å². The lowest BCUT2D eigenvalue weighted by Crippen LogP contribution is -2.50. The van der Waals surface area contributed by atoms with E-state index in [0.29, 0.717) is 31.1 Å². The number of thiazole rings is 1. The molecule has 0 bridgehead atoms. The maximum Gasteiger partial charge on any atom is 0.236 e. The smallest absolute Gasteiger partial charge is 0.236 e. The van der Waals surface area contributed by atoms with Crippen molar-refractivity contribution in [3.05, 3.63) is 47.5 Å². The van der Waals surface area contributed by atoms with Crippen LogP contribution in [0, 0.1) is 0 Å². The van der Waals surface area contributed by atoms with Gasteiger partial charge in [0.2, 0.25) is 11.8 Å². The van der Waals surface area contributed by atoms with E-state index in [0.717, 1.165) is 5.56 Å². The van der Waals surface area contributed by atoms with Crippen LogP contribution < -0.4 is 5.32 Å². The summed E-state index contributed by atoms with van der Waals surface area (Å²) in [6, 6.07) is 9.83. The van der Waals surface area contributed by atoms with Crippen molar-refractivity contribution in [2.45, 2.75) is 25.2 Å². The van der Waals surface area contributed by atoms with Gasteiger partial charge in [0, 0.05) is 31.6 Å². The van der Waals surface area contributed by atoms with Gasteiger partial charge >= 0.3 is 0 Å². The van der Waals surface area contributed by atoms with Crippen molar-refractivity contribution in [1.82, 2.24) is 9.88 Å². The van der Waals surface area contributed by atoms with Crippen molar-refractivity contribution >= 4 is 28.3 Å². The topological polar surface area (TPSA) is 62.3 Å². The molecule has 6 heteroatoms. The maximum absolute atomic E-state index is 13.0. The van der Waals surface area contributed by atoms with Crippen LogP contribution in [-0.4, -0.2) is 34.8 Å². The molecular weight excluding hydrogens is 310 g/mol. The highest BCUT2D eigenvalue weighted by molar-refractivity contribution is 7.13. The fourth-order valence-corrected chi connectivity index (χ4v) is 3.63. The molecule has 1 saturated heterocycles. The van der Waals surface area contributed by atoms with Crippen molar-refractivity contribution in [3.63, 3.8) is 0 Å². The minimum atomic E-state index is -0.612. The minimum absolute atomic E-state index is 0.0400. The van der Waals surface area contributed by atoms with Crippen LogP contribution in [0.5, 0.6) is 0 Å². The van der Waals surface area contributed by atoms with Gasteiger partial charge in [-0.1, -0.05) is 30.3 Å². The van der Waals surface area contributed by atoms with Crippen molar-refractivity contribution in [3.8, 4) is 0 Å². The Labute approximate surface area is 139 Å². The van der Waals surface area contributed by atoms with E-state index in [1.165, 1.54) is 11.3 Å². The number of carbonyl (C=O) groups is 2. The highest BCUT2D eigenvalue weighted by Crippen LogP contribution is 2.37. The van der Waals surface area contributed by atoms with Gasteiger partial charge in [0.15, 0.2) is 5.13 Å². The average Bonchev–Trinajstić information content (AvgIpc) is 3.08. The molecule has 1 aromatic heterocycles. The second-order valence-corrected chi connectivity index (χ2v) is 6.64. The maximum atomic E-state index is 13.0. The predicted octanol–water partition coefficient (Wildman–Crippen LogP) is 2.66. The van der Waals surface area contributed by atoms with Crippen molar-refractivity contribution in [2.24, 2.45) is 0 Å². The molecule has 1 aromatic carbocycles. The fourth-order valence-electron chi connectivity index (χ4n) is 3.11. The number of amides is 2. The largest absolute Gasteiger partial charge is 0.343 e. The summed E-state index contributed by atoms with van der Waals surface area (Å²) in [5.74, 6) is 0.0221. The quantitative estimate of drug-likeness (QED) is 0.942. The number of rotatable bonds is 3. The monoisotopic (exact) mass is 329 g/mol. The summed E-state index contributed by atoms with van der Waals surface area (Å²) in [7, 11) is 0. The number of piperidine rings is 1. The minimum Gasteiger partial charge on any atom is -0.343 e. The molecule has 0 spiro atoms. The van der Waals surface area contributed by atoms with Crippen molar-refractivity contribution < 1.29 is 9.59 Å². The van der Waals surface area contributed by atoms with E-state index in [1.54, 1.807) is 18.0 Å². The molecule has 0 unspecified atom stereocenters. The number of aromatic nitrogens is 1. The Morgan fingerprint density at radius 1 is 1.22 bits per heavy atom. The first-order valence-electron chi connectivity index (χ1n) is 7.64. The summed E-state index contributed by atoms with van der Waals surface area (Å²) in [5, 5.41) is 5.39. The zero-order valence-electron chi connectivity index (χ0n) is 13.0. The summed E-state index contributed by atoms with van der Waals surface area (Å²) in [4.78, 5) is 30.6. The number of nitrogens with zero attached hydrogens (tertiary/aromatic N) is 2. The molecule has 1 fully saturated rings. The SMILES string of the molecule is CC(=O)N1CCC(C(=O)Nc2nccs2)(c2ccccc2)CC1. The normalized spacial score (nSPS) is 16.8. The van der Waals surface area contributed by atoms with Gasteiger partial charge in [-0.05, 0) is 18.4 Å². The first-order chi connectivity index (χ1) is 11.1. The van der Waals surface area contributed by atoms with E-state index in [9.17, 15) is 9.59 Å². The van der Waals surface area contributed by atoms with E-state index in [2.05, 4.69) is 10.3 Å². The molecule has 1 aliphatic rings. The van der Waals surface area contributed by atoms with Crippen LogP contribution in [0.1, 0.15) is 25.3 Å². The third kappa shape index (κ3) is 3.12. The molecule has 1 aliphatic heterocycles. The van der Waals surface area contributed by atoms with E-state index in [1.807, 2.05) is 35.7 Å². The van der Waals surface area contributed by atoms with E-state index < -0.39 is 5.41 Å². The Morgan fingerprint density at radius 3 is 2.48 bits per heavy atom. The van der Waals surface area contributed by atoms with Gasteiger partial charge in [0.05, 0.1) is 5.41 Å². The Balaban J connectivity index is 1.88. The number of benzene rings is 1. The third-order valence-electron chi connectivity index (χ3n) is 4.48. The number of hydrogen-bond donors (Lipinski definition) is 1. The number of anilines is 1. The molecular formula is C17H19N3O2S. The third-order valence-corrected chi connectivity index (χ3v) is 5.16. The standard InChI is InChI=1S/C17H19N3O2S/c1-13(21)20-10-7-17(8-11-20,14-5-3-2-4-6-14)15(22)19-16-18-9-12-23-16/h2-6,9,12H,7-8,10-11H2,1H3,(H,18,19,22). The molecule has 120 valence electrons. The summed E-state index contributed by atoms with van der Waals surface area (Å²) >= 11 is 1.41. The van der Waals surface area contributed by atoms with Gasteiger partial charge in [0.25, 0.3) is 0 Å². The van der Waals surface area contributed by atoms with Crippen molar-refractivity contribution in [1.29, 1.82) is 0 Å². The predicted molar refractivity (Wildman–Crippen MR) is 90.4 cm³/mol. The summed E-state index contributed by atoms with van der Waals surface area (Å²) < 4.78 is 0. The molecule has 0 saturated carbocycles.